The van der Waals surface area contributed by atoms with Gasteiger partial charge in [0.1, 0.15) is 23.8 Å². The van der Waals surface area contributed by atoms with Crippen molar-refractivity contribution in [1.29, 1.82) is 0 Å². The third-order valence-corrected chi connectivity index (χ3v) is 8.34. The highest BCUT2D eigenvalue weighted by atomic mass is 19.1. The molecule has 1 aromatic heterocycles. The maximum absolute atomic E-state index is 15.2. The van der Waals surface area contributed by atoms with Crippen molar-refractivity contribution in [3.05, 3.63) is 76.4 Å². The topological polar surface area (TPSA) is 101 Å². The van der Waals surface area contributed by atoms with Gasteiger partial charge < -0.3 is 25.0 Å². The highest BCUT2D eigenvalue weighted by Crippen LogP contribution is 2.47. The third-order valence-electron chi connectivity index (χ3n) is 8.34. The number of aliphatic hydroxyl groups excluding tert-OH is 1. The van der Waals surface area contributed by atoms with Gasteiger partial charge in [-0.3, -0.25) is 9.78 Å². The number of carboxylic acid groups (broad SMARTS) is 1. The number of hydrogen-bond donors (Lipinski definition) is 3. The minimum Gasteiger partial charge on any atom is -0.485 e. The summed E-state index contributed by atoms with van der Waals surface area (Å²) in [5.74, 6) is -0.532. The molecule has 3 aromatic rings. The molecule has 2 fully saturated rings. The molecule has 0 bridgehead atoms. The molecule has 204 valence electrons. The average molecular weight is 533 g/mol. The van der Waals surface area contributed by atoms with Crippen LogP contribution in [0.3, 0.4) is 0 Å². The van der Waals surface area contributed by atoms with Crippen LogP contribution in [0.1, 0.15) is 52.6 Å². The average Bonchev–Trinajstić information content (AvgIpc) is 3.45. The van der Waals surface area contributed by atoms with Gasteiger partial charge in [-0.15, -0.1) is 0 Å². The van der Waals surface area contributed by atoms with Crippen molar-refractivity contribution in [3.8, 4) is 16.9 Å². The predicted octanol–water partition coefficient (Wildman–Crippen LogP) is 4.97. The molecule has 6 rings (SSSR count). The number of aryl methyl sites for hydroxylation is 2. The quantitative estimate of drug-likeness (QED) is 0.377. The number of nitrogens with zero attached hydrogens (tertiary/aromatic N) is 1. The number of aromatic nitrogens is 1. The monoisotopic (exact) mass is 532 g/mol. The molecule has 2 heterocycles. The van der Waals surface area contributed by atoms with Crippen LogP contribution >= 0.6 is 0 Å². The second-order valence-corrected chi connectivity index (χ2v) is 11.1. The van der Waals surface area contributed by atoms with Gasteiger partial charge in [0.25, 0.3) is 0 Å². The normalized spacial score (nSPS) is 25.4. The van der Waals surface area contributed by atoms with Crippen LogP contribution in [-0.4, -0.2) is 53.1 Å². The maximum Gasteiger partial charge on any atom is 0.307 e. The summed E-state index contributed by atoms with van der Waals surface area (Å²) in [6, 6.07) is 11.2. The Balaban J connectivity index is 1.19. The molecule has 39 heavy (non-hydrogen) atoms. The number of nitrogens with one attached hydrogen (secondary N) is 1. The molecule has 1 aliphatic heterocycles. The van der Waals surface area contributed by atoms with E-state index in [1.165, 1.54) is 0 Å². The van der Waals surface area contributed by atoms with Gasteiger partial charge >= 0.3 is 5.97 Å². The highest BCUT2D eigenvalue weighted by Gasteiger charge is 2.45. The number of aliphatic carboxylic acids is 1. The molecule has 0 amide bonds. The van der Waals surface area contributed by atoms with Crippen molar-refractivity contribution in [3.63, 3.8) is 0 Å². The molecule has 1 saturated carbocycles. The van der Waals surface area contributed by atoms with E-state index in [1.807, 2.05) is 44.2 Å². The van der Waals surface area contributed by atoms with Crippen LogP contribution in [0, 0.1) is 25.6 Å². The molecule has 7 nitrogen and oxygen atoms in total. The Labute approximate surface area is 227 Å². The van der Waals surface area contributed by atoms with Gasteiger partial charge in [-0.2, -0.15) is 0 Å². The largest absolute Gasteiger partial charge is 0.485 e. The molecular formula is C31H33FN2O5. The lowest BCUT2D eigenvalue weighted by Crippen LogP contribution is -2.29. The van der Waals surface area contributed by atoms with E-state index in [-0.39, 0.29) is 36.3 Å². The van der Waals surface area contributed by atoms with E-state index >= 15 is 4.39 Å². The Hall–Kier alpha value is -3.49. The van der Waals surface area contributed by atoms with E-state index in [4.69, 9.17) is 14.6 Å². The first kappa shape index (κ1) is 25.8. The van der Waals surface area contributed by atoms with Crippen LogP contribution < -0.4 is 10.1 Å². The molecule has 3 N–H and O–H groups in total. The third kappa shape index (κ3) is 4.99. The maximum atomic E-state index is 15.2. The number of anilines is 1. The fourth-order valence-corrected chi connectivity index (χ4v) is 6.24. The first-order valence-electron chi connectivity index (χ1n) is 13.6. The number of ether oxygens (including phenoxy) is 2. The second-order valence-electron chi connectivity index (χ2n) is 11.1. The van der Waals surface area contributed by atoms with E-state index in [1.54, 1.807) is 12.3 Å². The van der Waals surface area contributed by atoms with Crippen LogP contribution in [0.25, 0.3) is 11.1 Å². The molecule has 5 atom stereocenters. The zero-order chi connectivity index (χ0) is 27.3. The van der Waals surface area contributed by atoms with Crippen molar-refractivity contribution in [2.75, 3.05) is 25.1 Å². The molecule has 8 heteroatoms. The smallest absolute Gasteiger partial charge is 0.307 e. The first-order chi connectivity index (χ1) is 18.8. The van der Waals surface area contributed by atoms with E-state index < -0.39 is 12.1 Å². The molecule has 2 aliphatic carbocycles. The number of pyridine rings is 1. The summed E-state index contributed by atoms with van der Waals surface area (Å²) in [7, 11) is 0. The zero-order valence-corrected chi connectivity index (χ0v) is 22.1. The highest BCUT2D eigenvalue weighted by molar-refractivity contribution is 5.77. The minimum absolute atomic E-state index is 0.00152. The summed E-state index contributed by atoms with van der Waals surface area (Å²) in [6.07, 6.45) is 3.02. The molecule has 0 radical (unpaired) electrons. The summed E-state index contributed by atoms with van der Waals surface area (Å²) in [5.41, 5.74) is 7.72. The van der Waals surface area contributed by atoms with Gasteiger partial charge in [0.15, 0.2) is 0 Å². The lowest BCUT2D eigenvalue weighted by atomic mass is 9.89. The molecule has 0 spiro atoms. The number of fused-ring (bicyclic) bond motifs is 1. The summed E-state index contributed by atoms with van der Waals surface area (Å²) >= 11 is 0. The van der Waals surface area contributed by atoms with Gasteiger partial charge in [0.2, 0.25) is 0 Å². The van der Waals surface area contributed by atoms with Gasteiger partial charge in [-0.1, -0.05) is 6.07 Å². The number of carbonyl (C=O) groups is 1. The number of benzene rings is 2. The lowest BCUT2D eigenvalue weighted by Gasteiger charge is -2.20. The fraction of sp³-hybridized carbons (Fsp3) is 0.419. The second kappa shape index (κ2) is 10.2. The Morgan fingerprint density at radius 2 is 1.97 bits per heavy atom. The Morgan fingerprint density at radius 3 is 2.62 bits per heavy atom. The van der Waals surface area contributed by atoms with Crippen LogP contribution in [0.5, 0.6) is 5.75 Å². The lowest BCUT2D eigenvalue weighted by molar-refractivity contribution is -0.138. The standard InChI is InChI=1S/C31H33FN2O5/c1-16-9-20(39-28-15-38-14-27(28)35)10-17(2)29(16)21-6-7-25(32)30-18(3-5-22(21)30)12-33-19-4-8-26(34-13-19)23-11-24(23)31(36)37/h4,6-10,13,18,23-24,27-28,33,35H,3,5,11-12,14-15H2,1-2H3,(H,36,37)/t18?,23-,24-,27-,28?/m1/s1. The van der Waals surface area contributed by atoms with Crippen molar-refractivity contribution < 1.29 is 28.9 Å². The Kier molecular flexibility index (Phi) is 6.77. The van der Waals surface area contributed by atoms with Crippen LogP contribution in [0.2, 0.25) is 0 Å². The minimum atomic E-state index is -0.765. The fourth-order valence-electron chi connectivity index (χ4n) is 6.24. The SMILES string of the molecule is Cc1cc(OC2COC[C@H]2O)cc(C)c1-c1ccc(F)c2c1CCC2CNc1ccc([C@@H]2C[C@H]2C(=O)O)nc1. The Bertz CT molecular complexity index is 1390. The Morgan fingerprint density at radius 1 is 1.18 bits per heavy atom. The molecule has 1 saturated heterocycles. The van der Waals surface area contributed by atoms with E-state index in [0.717, 1.165) is 57.6 Å². The van der Waals surface area contributed by atoms with E-state index in [2.05, 4.69) is 10.3 Å². The van der Waals surface area contributed by atoms with E-state index in [9.17, 15) is 9.90 Å². The van der Waals surface area contributed by atoms with Gasteiger partial charge in [0, 0.05) is 24.1 Å². The molecule has 2 aromatic carbocycles. The number of rotatable bonds is 8. The van der Waals surface area contributed by atoms with Gasteiger partial charge in [-0.05, 0) is 96.8 Å². The predicted molar refractivity (Wildman–Crippen MR) is 145 cm³/mol. The van der Waals surface area contributed by atoms with Crippen LogP contribution in [0.15, 0.2) is 42.6 Å². The van der Waals surface area contributed by atoms with Crippen molar-refractivity contribution in [2.45, 2.75) is 57.2 Å². The number of hydrogen-bond acceptors (Lipinski definition) is 6. The number of carboxylic acids is 1. The molecular weight excluding hydrogens is 499 g/mol. The van der Waals surface area contributed by atoms with Crippen molar-refractivity contribution in [1.82, 2.24) is 4.98 Å². The number of halogens is 1. The summed E-state index contributed by atoms with van der Waals surface area (Å²) in [4.78, 5) is 15.6. The van der Waals surface area contributed by atoms with Crippen molar-refractivity contribution >= 4 is 11.7 Å². The zero-order valence-electron chi connectivity index (χ0n) is 22.1. The van der Waals surface area contributed by atoms with E-state index in [0.29, 0.717) is 25.3 Å². The van der Waals surface area contributed by atoms with Crippen LogP contribution in [0.4, 0.5) is 10.1 Å². The molecule has 3 aliphatic rings. The summed E-state index contributed by atoms with van der Waals surface area (Å²) < 4.78 is 26.5. The number of aliphatic hydroxyl groups is 1. The first-order valence-corrected chi connectivity index (χ1v) is 13.6. The van der Waals surface area contributed by atoms with Crippen LogP contribution in [-0.2, 0) is 16.0 Å². The molecule has 2 unspecified atom stereocenters. The van der Waals surface area contributed by atoms with Gasteiger partial charge in [0.05, 0.1) is 31.0 Å². The van der Waals surface area contributed by atoms with Gasteiger partial charge in [-0.25, -0.2) is 4.39 Å². The van der Waals surface area contributed by atoms with Crippen molar-refractivity contribution in [2.24, 2.45) is 5.92 Å². The summed E-state index contributed by atoms with van der Waals surface area (Å²) in [5, 5.41) is 22.6. The summed E-state index contributed by atoms with van der Waals surface area (Å²) in [6.45, 7) is 5.32.